The highest BCUT2D eigenvalue weighted by Gasteiger charge is 2.45. The third-order valence-corrected chi connectivity index (χ3v) is 3.25. The van der Waals surface area contributed by atoms with Crippen molar-refractivity contribution in [3.8, 4) is 0 Å². The van der Waals surface area contributed by atoms with E-state index in [9.17, 15) is 0 Å². The lowest BCUT2D eigenvalue weighted by atomic mass is 10.1. The zero-order chi connectivity index (χ0) is 8.86. The molecule has 1 aliphatic rings. The number of hydrogen-bond acceptors (Lipinski definition) is 2. The maximum absolute atomic E-state index is 5.23. The van der Waals surface area contributed by atoms with E-state index in [0.29, 0.717) is 0 Å². The standard InChI is InChI=1S/C8H16N2S.BrH/c1-7(2)6(11)9-8(3,4)10(7)5;/h1-5H3,(H,9,11);1H. The highest BCUT2D eigenvalue weighted by atomic mass is 79.9. The zero-order valence-electron chi connectivity index (χ0n) is 8.26. The van der Waals surface area contributed by atoms with Gasteiger partial charge in [0.2, 0.25) is 0 Å². The number of halogens is 1. The first-order chi connectivity index (χ1) is 4.78. The molecule has 1 saturated heterocycles. The molecule has 0 aromatic heterocycles. The van der Waals surface area contributed by atoms with Crippen molar-refractivity contribution in [2.45, 2.75) is 38.9 Å². The van der Waals surface area contributed by atoms with Crippen molar-refractivity contribution in [2.24, 2.45) is 0 Å². The van der Waals surface area contributed by atoms with Crippen LogP contribution in [0.4, 0.5) is 0 Å². The topological polar surface area (TPSA) is 15.3 Å². The second-order valence-corrected chi connectivity index (χ2v) is 4.54. The molecular weight excluding hydrogens is 236 g/mol. The number of hydrogen-bond donors (Lipinski definition) is 1. The molecule has 0 aliphatic carbocycles. The molecule has 0 bridgehead atoms. The molecule has 0 amide bonds. The molecule has 1 fully saturated rings. The van der Waals surface area contributed by atoms with E-state index >= 15 is 0 Å². The van der Waals surface area contributed by atoms with Crippen LogP contribution in [0, 0.1) is 0 Å². The van der Waals surface area contributed by atoms with Crippen molar-refractivity contribution in [1.82, 2.24) is 10.2 Å². The molecule has 0 unspecified atom stereocenters. The van der Waals surface area contributed by atoms with Crippen LogP contribution in [0.1, 0.15) is 27.7 Å². The summed E-state index contributed by atoms with van der Waals surface area (Å²) in [6.45, 7) is 8.54. The molecule has 0 aromatic carbocycles. The summed E-state index contributed by atoms with van der Waals surface area (Å²) in [5.74, 6) is 0. The van der Waals surface area contributed by atoms with Gasteiger partial charge >= 0.3 is 0 Å². The average molecular weight is 253 g/mol. The fourth-order valence-electron chi connectivity index (χ4n) is 1.37. The van der Waals surface area contributed by atoms with E-state index in [4.69, 9.17) is 12.2 Å². The average Bonchev–Trinajstić information content (AvgIpc) is 1.94. The van der Waals surface area contributed by atoms with Crippen LogP contribution in [0.15, 0.2) is 0 Å². The molecule has 72 valence electrons. The number of nitrogens with one attached hydrogen (secondary N) is 1. The molecule has 1 N–H and O–H groups in total. The second-order valence-electron chi connectivity index (χ2n) is 4.13. The van der Waals surface area contributed by atoms with E-state index in [0.717, 1.165) is 4.99 Å². The van der Waals surface area contributed by atoms with Gasteiger partial charge in [0.1, 0.15) is 0 Å². The van der Waals surface area contributed by atoms with Gasteiger partial charge in [0.25, 0.3) is 0 Å². The fraction of sp³-hybridized carbons (Fsp3) is 0.875. The van der Waals surface area contributed by atoms with E-state index in [1.54, 1.807) is 0 Å². The minimum absolute atomic E-state index is 0. The first-order valence-electron chi connectivity index (χ1n) is 3.85. The first-order valence-corrected chi connectivity index (χ1v) is 4.26. The molecule has 1 heterocycles. The van der Waals surface area contributed by atoms with Crippen LogP contribution in [0.5, 0.6) is 0 Å². The Morgan fingerprint density at radius 1 is 1.25 bits per heavy atom. The van der Waals surface area contributed by atoms with E-state index in [1.165, 1.54) is 0 Å². The molecule has 12 heavy (non-hydrogen) atoms. The number of rotatable bonds is 0. The summed E-state index contributed by atoms with van der Waals surface area (Å²) in [6.07, 6.45) is 0. The summed E-state index contributed by atoms with van der Waals surface area (Å²) in [5, 5.41) is 3.29. The quantitative estimate of drug-likeness (QED) is 0.664. The van der Waals surface area contributed by atoms with Crippen LogP contribution in [-0.2, 0) is 0 Å². The lowest BCUT2D eigenvalue weighted by Crippen LogP contribution is -2.48. The second kappa shape index (κ2) is 3.24. The SMILES string of the molecule is Br.CN1C(C)(C)NC(=S)C1(C)C. The van der Waals surface area contributed by atoms with E-state index in [-0.39, 0.29) is 28.2 Å². The highest BCUT2D eigenvalue weighted by molar-refractivity contribution is 8.93. The monoisotopic (exact) mass is 252 g/mol. The third-order valence-electron chi connectivity index (χ3n) is 2.65. The predicted molar refractivity (Wildman–Crippen MR) is 62.0 cm³/mol. The van der Waals surface area contributed by atoms with Gasteiger partial charge in [-0.05, 0) is 34.7 Å². The van der Waals surface area contributed by atoms with E-state index in [2.05, 4.69) is 45.0 Å². The van der Waals surface area contributed by atoms with Crippen LogP contribution >= 0.6 is 29.2 Å². The van der Waals surface area contributed by atoms with Crippen LogP contribution in [0.25, 0.3) is 0 Å². The van der Waals surface area contributed by atoms with Crippen molar-refractivity contribution in [2.75, 3.05) is 7.05 Å². The van der Waals surface area contributed by atoms with Crippen molar-refractivity contribution >= 4 is 34.2 Å². The zero-order valence-corrected chi connectivity index (χ0v) is 10.8. The summed E-state index contributed by atoms with van der Waals surface area (Å²) < 4.78 is 0. The van der Waals surface area contributed by atoms with Gasteiger partial charge in [0, 0.05) is 0 Å². The normalized spacial score (nSPS) is 26.2. The Kier molecular flexibility index (Phi) is 3.32. The maximum atomic E-state index is 5.23. The lowest BCUT2D eigenvalue weighted by Gasteiger charge is -2.34. The Labute approximate surface area is 90.5 Å². The van der Waals surface area contributed by atoms with Gasteiger partial charge in [-0.25, -0.2) is 0 Å². The van der Waals surface area contributed by atoms with Gasteiger partial charge in [-0.15, -0.1) is 17.0 Å². The highest BCUT2D eigenvalue weighted by Crippen LogP contribution is 2.28. The van der Waals surface area contributed by atoms with Gasteiger partial charge < -0.3 is 5.32 Å². The van der Waals surface area contributed by atoms with Gasteiger partial charge in [-0.3, -0.25) is 4.90 Å². The van der Waals surface area contributed by atoms with Crippen molar-refractivity contribution in [1.29, 1.82) is 0 Å². The molecule has 1 aliphatic heterocycles. The van der Waals surface area contributed by atoms with Crippen molar-refractivity contribution in [3.05, 3.63) is 0 Å². The Morgan fingerprint density at radius 2 is 1.67 bits per heavy atom. The third kappa shape index (κ3) is 1.65. The van der Waals surface area contributed by atoms with Crippen molar-refractivity contribution in [3.63, 3.8) is 0 Å². The number of likely N-dealkylation sites (N-methyl/N-ethyl adjacent to an activating group) is 1. The van der Waals surface area contributed by atoms with Gasteiger partial charge in [-0.2, -0.15) is 0 Å². The first kappa shape index (κ1) is 12.3. The van der Waals surface area contributed by atoms with Crippen LogP contribution < -0.4 is 5.32 Å². The molecule has 2 nitrogen and oxygen atoms in total. The smallest absolute Gasteiger partial charge is 0.0969 e. The number of thiocarbonyl (C=S) groups is 1. The molecule has 0 spiro atoms. The van der Waals surface area contributed by atoms with Crippen LogP contribution in [0.2, 0.25) is 0 Å². The molecule has 0 atom stereocenters. The molecule has 0 radical (unpaired) electrons. The predicted octanol–water partition coefficient (Wildman–Crippen LogP) is 1.94. The summed E-state index contributed by atoms with van der Waals surface area (Å²) in [7, 11) is 2.09. The van der Waals surface area contributed by atoms with E-state index < -0.39 is 0 Å². The molecule has 0 aromatic rings. The summed E-state index contributed by atoms with van der Waals surface area (Å²) in [4.78, 5) is 3.19. The van der Waals surface area contributed by atoms with Gasteiger partial charge in [0.05, 0.1) is 16.2 Å². The minimum atomic E-state index is -0.00116. The Bertz CT molecular complexity index is 201. The van der Waals surface area contributed by atoms with Crippen LogP contribution in [0.3, 0.4) is 0 Å². The minimum Gasteiger partial charge on any atom is -0.361 e. The fourth-order valence-corrected chi connectivity index (χ4v) is 1.75. The van der Waals surface area contributed by atoms with Gasteiger partial charge in [0.15, 0.2) is 0 Å². The molecule has 1 rings (SSSR count). The largest absolute Gasteiger partial charge is 0.361 e. The Balaban J connectivity index is 0.00000121. The number of nitrogens with zero attached hydrogens (tertiary/aromatic N) is 1. The Hall–Kier alpha value is 0.330. The van der Waals surface area contributed by atoms with Gasteiger partial charge in [-0.1, -0.05) is 12.2 Å². The van der Waals surface area contributed by atoms with Crippen LogP contribution in [-0.4, -0.2) is 28.1 Å². The molecule has 4 heteroatoms. The lowest BCUT2D eigenvalue weighted by molar-refractivity contribution is 0.116. The summed E-state index contributed by atoms with van der Waals surface area (Å²) in [6, 6.07) is 0. The Morgan fingerprint density at radius 3 is 1.75 bits per heavy atom. The molecular formula is C8H17BrN2S. The molecule has 0 saturated carbocycles. The summed E-state index contributed by atoms with van der Waals surface area (Å²) in [5.41, 5.74) is -0.000579. The van der Waals surface area contributed by atoms with Crippen molar-refractivity contribution < 1.29 is 0 Å². The van der Waals surface area contributed by atoms with E-state index in [1.807, 2.05) is 0 Å². The summed E-state index contributed by atoms with van der Waals surface area (Å²) >= 11 is 5.23. The maximum Gasteiger partial charge on any atom is 0.0969 e.